The van der Waals surface area contributed by atoms with Crippen molar-refractivity contribution in [2.75, 3.05) is 12.8 Å². The summed E-state index contributed by atoms with van der Waals surface area (Å²) in [6.07, 6.45) is 0. The molecule has 0 aliphatic carbocycles. The second kappa shape index (κ2) is 6.76. The quantitative estimate of drug-likeness (QED) is 0.369. The Morgan fingerprint density at radius 1 is 1.17 bits per heavy atom. The van der Waals surface area contributed by atoms with Crippen LogP contribution in [0.4, 0.5) is 17.1 Å². The van der Waals surface area contributed by atoms with E-state index in [2.05, 4.69) is 15.0 Å². The number of nitrogens with one attached hydrogen (secondary N) is 1. The van der Waals surface area contributed by atoms with E-state index in [0.717, 1.165) is 28.8 Å². The van der Waals surface area contributed by atoms with Gasteiger partial charge < -0.3 is 15.5 Å². The summed E-state index contributed by atoms with van der Waals surface area (Å²) in [6, 6.07) is 4.08. The lowest BCUT2D eigenvalue weighted by molar-refractivity contribution is -0.422. The molecule has 12 heteroatoms. The van der Waals surface area contributed by atoms with E-state index < -0.39 is 21.2 Å². The van der Waals surface area contributed by atoms with Crippen molar-refractivity contribution in [2.45, 2.75) is 13.5 Å². The van der Waals surface area contributed by atoms with Gasteiger partial charge in [0.05, 0.1) is 44.1 Å². The molecule has 0 atom stereocenters. The van der Waals surface area contributed by atoms with Crippen LogP contribution in [0.1, 0.15) is 11.3 Å². The minimum atomic E-state index is -0.802. The normalized spacial score (nSPS) is 11.4. The number of imidazole rings is 1. The molecule has 0 amide bonds. The Morgan fingerprint density at radius 2 is 1.86 bits per heavy atom. The molecule has 0 spiro atoms. The number of nitrogens with zero attached hydrogens (tertiary/aromatic N) is 4. The lowest BCUT2D eigenvalue weighted by atomic mass is 10.1. The number of anilines is 1. The second-order valence-electron chi connectivity index (χ2n) is 6.34. The second-order valence-corrected chi connectivity index (χ2v) is 7.34. The minimum Gasteiger partial charge on any atom is -0.397 e. The first-order valence-corrected chi connectivity index (χ1v) is 9.12. The van der Waals surface area contributed by atoms with Crippen LogP contribution < -0.4 is 5.73 Å². The third-order valence-electron chi connectivity index (χ3n) is 4.40. The molecule has 4 aromatic rings. The third-order valence-corrected chi connectivity index (χ3v) is 5.50. The highest BCUT2D eigenvalue weighted by Gasteiger charge is 2.27. The van der Waals surface area contributed by atoms with Crippen molar-refractivity contribution < 1.29 is 14.6 Å². The lowest BCUT2D eigenvalue weighted by Crippen LogP contribution is -1.96. The standard InChI is InChI=1S/C17H14N6O5S/c1-7-3-8(6-28-2)13-14(18)15(29-17(13)19-7)16-20-9-4-11(22(24)25)12(23(26)27)5-10(9)21-16/h3-5H,6,18H2,1-2H3,(H,20,21). The number of methoxy groups -OCH3 is 1. The summed E-state index contributed by atoms with van der Waals surface area (Å²) >= 11 is 1.31. The van der Waals surface area contributed by atoms with E-state index in [9.17, 15) is 20.2 Å². The van der Waals surface area contributed by atoms with E-state index >= 15 is 0 Å². The maximum atomic E-state index is 11.2. The van der Waals surface area contributed by atoms with Gasteiger partial charge in [-0.25, -0.2) is 9.97 Å². The van der Waals surface area contributed by atoms with Crippen molar-refractivity contribution in [1.29, 1.82) is 0 Å². The largest absolute Gasteiger partial charge is 0.397 e. The number of rotatable bonds is 5. The summed E-state index contributed by atoms with van der Waals surface area (Å²) in [6.45, 7) is 2.23. The lowest BCUT2D eigenvalue weighted by Gasteiger charge is -2.04. The number of thiophene rings is 1. The number of nitrogens with two attached hydrogens (primary N) is 1. The van der Waals surface area contributed by atoms with Gasteiger partial charge in [0.15, 0.2) is 5.82 Å². The van der Waals surface area contributed by atoms with Gasteiger partial charge in [0.1, 0.15) is 4.83 Å². The van der Waals surface area contributed by atoms with Gasteiger partial charge in [-0.05, 0) is 18.6 Å². The first kappa shape index (κ1) is 18.7. The maximum absolute atomic E-state index is 11.2. The van der Waals surface area contributed by atoms with Crippen molar-refractivity contribution in [2.24, 2.45) is 0 Å². The predicted molar refractivity (Wildman–Crippen MR) is 108 cm³/mol. The molecule has 148 valence electrons. The molecule has 0 aliphatic rings. The highest BCUT2D eigenvalue weighted by atomic mass is 32.1. The Morgan fingerprint density at radius 3 is 2.52 bits per heavy atom. The molecular weight excluding hydrogens is 400 g/mol. The number of nitro benzene ring substituents is 2. The Kier molecular flexibility index (Phi) is 4.36. The molecule has 0 saturated heterocycles. The number of nitrogen functional groups attached to an aromatic ring is 1. The number of aromatic nitrogens is 3. The number of aryl methyl sites for hydroxylation is 1. The number of nitro groups is 2. The smallest absolute Gasteiger partial charge is 0.348 e. The molecule has 0 aliphatic heterocycles. The highest BCUT2D eigenvalue weighted by molar-refractivity contribution is 7.22. The van der Waals surface area contributed by atoms with Crippen LogP contribution in [-0.2, 0) is 11.3 Å². The van der Waals surface area contributed by atoms with Crippen LogP contribution in [0.3, 0.4) is 0 Å². The van der Waals surface area contributed by atoms with E-state index in [1.54, 1.807) is 7.11 Å². The molecule has 29 heavy (non-hydrogen) atoms. The average Bonchev–Trinajstić information content (AvgIpc) is 3.20. The van der Waals surface area contributed by atoms with Gasteiger partial charge in [-0.1, -0.05) is 0 Å². The van der Waals surface area contributed by atoms with Gasteiger partial charge in [0.25, 0.3) is 0 Å². The predicted octanol–water partition coefficient (Wildman–Crippen LogP) is 3.69. The summed E-state index contributed by atoms with van der Waals surface area (Å²) in [5.41, 5.74) is 7.82. The number of aromatic amines is 1. The van der Waals surface area contributed by atoms with Crippen molar-refractivity contribution in [3.8, 4) is 10.7 Å². The molecule has 3 aromatic heterocycles. The van der Waals surface area contributed by atoms with Crippen molar-refractivity contribution in [3.63, 3.8) is 0 Å². The summed E-state index contributed by atoms with van der Waals surface area (Å²) in [5, 5.41) is 23.1. The van der Waals surface area contributed by atoms with E-state index in [1.165, 1.54) is 11.3 Å². The Labute approximate surface area is 166 Å². The molecule has 3 N–H and O–H groups in total. The van der Waals surface area contributed by atoms with E-state index in [4.69, 9.17) is 10.5 Å². The average molecular weight is 414 g/mol. The zero-order chi connectivity index (χ0) is 20.9. The molecule has 11 nitrogen and oxygen atoms in total. The van der Waals surface area contributed by atoms with E-state index in [-0.39, 0.29) is 5.52 Å². The fourth-order valence-corrected chi connectivity index (χ4v) is 4.35. The molecular formula is C17H14N6O5S. The highest BCUT2D eigenvalue weighted by Crippen LogP contribution is 2.42. The number of benzene rings is 1. The van der Waals surface area contributed by atoms with Crippen LogP contribution in [0, 0.1) is 27.2 Å². The number of hydrogen-bond acceptors (Lipinski definition) is 9. The monoisotopic (exact) mass is 414 g/mol. The Hall–Kier alpha value is -3.64. The summed E-state index contributed by atoms with van der Waals surface area (Å²) < 4.78 is 5.25. The fraction of sp³-hybridized carbons (Fsp3) is 0.176. The number of pyridine rings is 1. The molecule has 1 aromatic carbocycles. The van der Waals surface area contributed by atoms with Crippen LogP contribution in [0.25, 0.3) is 32.0 Å². The molecule has 0 fully saturated rings. The number of ether oxygens (including phenoxy) is 1. The van der Waals surface area contributed by atoms with Gasteiger partial charge in [0.2, 0.25) is 0 Å². The first-order valence-electron chi connectivity index (χ1n) is 8.30. The van der Waals surface area contributed by atoms with Gasteiger partial charge in [-0.2, -0.15) is 0 Å². The summed E-state index contributed by atoms with van der Waals surface area (Å²) in [4.78, 5) is 33.9. The third kappa shape index (κ3) is 3.03. The summed E-state index contributed by atoms with van der Waals surface area (Å²) in [5.74, 6) is 0.358. The minimum absolute atomic E-state index is 0.232. The molecule has 4 rings (SSSR count). The van der Waals surface area contributed by atoms with Crippen LogP contribution in [0.15, 0.2) is 18.2 Å². The van der Waals surface area contributed by atoms with Crippen LogP contribution in [-0.4, -0.2) is 31.9 Å². The van der Waals surface area contributed by atoms with Crippen LogP contribution in [0.2, 0.25) is 0 Å². The van der Waals surface area contributed by atoms with Gasteiger partial charge in [-0.15, -0.1) is 11.3 Å². The topological polar surface area (TPSA) is 163 Å². The van der Waals surface area contributed by atoms with E-state index in [1.807, 2.05) is 13.0 Å². The zero-order valence-corrected chi connectivity index (χ0v) is 16.1. The van der Waals surface area contributed by atoms with Crippen LogP contribution >= 0.6 is 11.3 Å². The van der Waals surface area contributed by atoms with Crippen molar-refractivity contribution in [1.82, 2.24) is 15.0 Å². The molecule has 0 radical (unpaired) electrons. The molecule has 3 heterocycles. The van der Waals surface area contributed by atoms with Crippen molar-refractivity contribution in [3.05, 3.63) is 49.7 Å². The van der Waals surface area contributed by atoms with Gasteiger partial charge in [0, 0.05) is 24.3 Å². The van der Waals surface area contributed by atoms with Crippen molar-refractivity contribution >= 4 is 49.6 Å². The van der Waals surface area contributed by atoms with Gasteiger partial charge >= 0.3 is 11.4 Å². The first-order chi connectivity index (χ1) is 13.8. The molecule has 0 unspecified atom stereocenters. The SMILES string of the molecule is COCc1cc(C)nc2sc(-c3nc4cc([N+](=O)[O-])c([N+](=O)[O-])cc4[nH]3)c(N)c12. The molecule has 0 saturated carbocycles. The zero-order valence-electron chi connectivity index (χ0n) is 15.3. The van der Waals surface area contributed by atoms with E-state index in [0.29, 0.717) is 33.3 Å². The number of H-pyrrole nitrogens is 1. The summed E-state index contributed by atoms with van der Waals surface area (Å²) in [7, 11) is 1.59. The molecule has 0 bridgehead atoms. The maximum Gasteiger partial charge on any atom is 0.348 e. The van der Waals surface area contributed by atoms with Crippen LogP contribution in [0.5, 0.6) is 0 Å². The Bertz CT molecular complexity index is 1260. The Balaban J connectivity index is 1.94. The number of hydrogen-bond donors (Lipinski definition) is 2. The number of fused-ring (bicyclic) bond motifs is 2. The fourth-order valence-electron chi connectivity index (χ4n) is 3.22. The van der Waals surface area contributed by atoms with Gasteiger partial charge in [-0.3, -0.25) is 20.2 Å².